The number of anilines is 2. The van der Waals surface area contributed by atoms with Crippen molar-refractivity contribution in [1.29, 1.82) is 0 Å². The Balaban J connectivity index is 1.76. The van der Waals surface area contributed by atoms with Gasteiger partial charge in [-0.3, -0.25) is 9.10 Å². The molecule has 0 radical (unpaired) electrons. The van der Waals surface area contributed by atoms with Gasteiger partial charge in [0.2, 0.25) is 0 Å². The standard InChI is InChI=1S/C28H26N2O8S/c1-38-20-10-12-21(13-11-20)39(36,37)30(17-27(32)33)26-15-14-24(22-4-2-3-5-23(22)26)29-25(28(34)35)16-18-6-8-19(31)9-7-18/h2-15,25,29,31H,16-17H2,1H3,(H,32,33)(H,34,35)/t25-/m0/s1. The van der Waals surface area contributed by atoms with Crippen LogP contribution in [0.4, 0.5) is 11.4 Å². The maximum Gasteiger partial charge on any atom is 0.326 e. The zero-order valence-electron chi connectivity index (χ0n) is 20.8. The fourth-order valence-electron chi connectivity index (χ4n) is 4.18. The van der Waals surface area contributed by atoms with Gasteiger partial charge < -0.3 is 25.4 Å². The van der Waals surface area contributed by atoms with E-state index < -0.39 is 34.5 Å². The van der Waals surface area contributed by atoms with Gasteiger partial charge in [-0.15, -0.1) is 0 Å². The number of carbonyl (C=O) groups is 2. The second-order valence-corrected chi connectivity index (χ2v) is 10.5. The predicted octanol–water partition coefficient (Wildman–Crippen LogP) is 3.94. The van der Waals surface area contributed by atoms with Gasteiger partial charge in [-0.25, -0.2) is 13.2 Å². The van der Waals surface area contributed by atoms with Gasteiger partial charge in [-0.05, 0) is 54.1 Å². The molecule has 4 aromatic carbocycles. The minimum Gasteiger partial charge on any atom is -0.508 e. The molecule has 0 unspecified atom stereocenters. The van der Waals surface area contributed by atoms with Crippen LogP contribution in [0.15, 0.2) is 89.8 Å². The maximum absolute atomic E-state index is 13.6. The topological polar surface area (TPSA) is 153 Å². The van der Waals surface area contributed by atoms with Gasteiger partial charge in [0.15, 0.2) is 0 Å². The van der Waals surface area contributed by atoms with Crippen LogP contribution in [-0.4, -0.2) is 55.4 Å². The van der Waals surface area contributed by atoms with Crippen molar-refractivity contribution in [2.24, 2.45) is 0 Å². The first-order chi connectivity index (χ1) is 18.6. The number of carboxylic acid groups (broad SMARTS) is 2. The third kappa shape index (κ3) is 6.04. The summed E-state index contributed by atoms with van der Waals surface area (Å²) >= 11 is 0. The Hall–Kier alpha value is -4.77. The van der Waals surface area contributed by atoms with E-state index >= 15 is 0 Å². The molecule has 0 fully saturated rings. The molecule has 4 rings (SSSR count). The van der Waals surface area contributed by atoms with Crippen LogP contribution in [0.3, 0.4) is 0 Å². The normalized spacial score (nSPS) is 12.0. The molecule has 0 aliphatic heterocycles. The van der Waals surface area contributed by atoms with Gasteiger partial charge in [0, 0.05) is 22.9 Å². The first kappa shape index (κ1) is 27.3. The second-order valence-electron chi connectivity index (χ2n) is 8.66. The fraction of sp³-hybridized carbons (Fsp3) is 0.143. The Morgan fingerprint density at radius 2 is 1.54 bits per heavy atom. The first-order valence-corrected chi connectivity index (χ1v) is 13.2. The molecule has 4 aromatic rings. The second kappa shape index (κ2) is 11.3. The Kier molecular flexibility index (Phi) is 7.91. The molecular formula is C28H26N2O8S. The van der Waals surface area contributed by atoms with E-state index in [4.69, 9.17) is 4.74 Å². The minimum atomic E-state index is -4.30. The van der Waals surface area contributed by atoms with E-state index in [9.17, 15) is 33.3 Å². The van der Waals surface area contributed by atoms with E-state index in [2.05, 4.69) is 5.32 Å². The molecule has 10 nitrogen and oxygen atoms in total. The number of carboxylic acids is 2. The summed E-state index contributed by atoms with van der Waals surface area (Å²) in [6, 6.07) is 20.5. The number of nitrogens with one attached hydrogen (secondary N) is 1. The molecule has 1 atom stereocenters. The average Bonchev–Trinajstić information content (AvgIpc) is 2.92. The lowest BCUT2D eigenvalue weighted by molar-refractivity contribution is -0.138. The smallest absolute Gasteiger partial charge is 0.326 e. The highest BCUT2D eigenvalue weighted by Crippen LogP contribution is 2.36. The predicted molar refractivity (Wildman–Crippen MR) is 146 cm³/mol. The number of hydrogen-bond donors (Lipinski definition) is 4. The summed E-state index contributed by atoms with van der Waals surface area (Å²) in [6.45, 7) is -0.830. The van der Waals surface area contributed by atoms with Crippen LogP contribution < -0.4 is 14.4 Å². The van der Waals surface area contributed by atoms with Crippen molar-refractivity contribution in [2.45, 2.75) is 17.4 Å². The molecule has 202 valence electrons. The van der Waals surface area contributed by atoms with E-state index in [0.29, 0.717) is 27.8 Å². The highest BCUT2D eigenvalue weighted by Gasteiger charge is 2.29. The molecular weight excluding hydrogens is 524 g/mol. The molecule has 11 heteroatoms. The lowest BCUT2D eigenvalue weighted by Gasteiger charge is -2.26. The van der Waals surface area contributed by atoms with Crippen LogP contribution >= 0.6 is 0 Å². The zero-order valence-corrected chi connectivity index (χ0v) is 21.6. The molecule has 4 N–H and O–H groups in total. The molecule has 0 heterocycles. The van der Waals surface area contributed by atoms with Gasteiger partial charge in [-0.1, -0.05) is 36.4 Å². The number of phenolic OH excluding ortho intramolecular Hbond substituents is 1. The van der Waals surface area contributed by atoms with Crippen molar-refractivity contribution in [3.05, 3.63) is 90.5 Å². The number of ether oxygens (including phenoxy) is 1. The summed E-state index contributed by atoms with van der Waals surface area (Å²) in [5, 5.41) is 32.9. The van der Waals surface area contributed by atoms with E-state index in [0.717, 1.165) is 4.31 Å². The number of fused-ring (bicyclic) bond motifs is 1. The molecule has 39 heavy (non-hydrogen) atoms. The first-order valence-electron chi connectivity index (χ1n) is 11.8. The number of aromatic hydroxyl groups is 1. The number of nitrogens with zero attached hydrogens (tertiary/aromatic N) is 1. The number of hydrogen-bond acceptors (Lipinski definition) is 7. The van der Waals surface area contributed by atoms with Gasteiger partial charge in [0.05, 0.1) is 17.7 Å². The number of rotatable bonds is 11. The average molecular weight is 551 g/mol. The highest BCUT2D eigenvalue weighted by atomic mass is 32.2. The van der Waals surface area contributed by atoms with E-state index in [-0.39, 0.29) is 22.8 Å². The van der Waals surface area contributed by atoms with Crippen molar-refractivity contribution in [3.63, 3.8) is 0 Å². The van der Waals surface area contributed by atoms with Crippen LogP contribution in [0.5, 0.6) is 11.5 Å². The summed E-state index contributed by atoms with van der Waals surface area (Å²) in [5.74, 6) is -1.94. The van der Waals surface area contributed by atoms with E-state index in [1.807, 2.05) is 0 Å². The van der Waals surface area contributed by atoms with Gasteiger partial charge in [0.25, 0.3) is 10.0 Å². The van der Waals surface area contributed by atoms with Crippen LogP contribution in [0.2, 0.25) is 0 Å². The molecule has 0 aliphatic carbocycles. The number of aliphatic carboxylic acids is 2. The van der Waals surface area contributed by atoms with Crippen molar-refractivity contribution in [2.75, 3.05) is 23.3 Å². The molecule has 0 aromatic heterocycles. The van der Waals surface area contributed by atoms with Gasteiger partial charge >= 0.3 is 11.9 Å². The van der Waals surface area contributed by atoms with Crippen molar-refractivity contribution in [3.8, 4) is 11.5 Å². The lowest BCUT2D eigenvalue weighted by atomic mass is 10.0. The van der Waals surface area contributed by atoms with Crippen LogP contribution in [0, 0.1) is 0 Å². The number of phenols is 1. The molecule has 0 aliphatic rings. The summed E-state index contributed by atoms with van der Waals surface area (Å²) in [7, 11) is -2.85. The van der Waals surface area contributed by atoms with Gasteiger partial charge in [-0.2, -0.15) is 0 Å². The maximum atomic E-state index is 13.6. The molecule has 0 spiro atoms. The van der Waals surface area contributed by atoms with Crippen molar-refractivity contribution < 1.29 is 38.1 Å². The van der Waals surface area contributed by atoms with Gasteiger partial charge in [0.1, 0.15) is 24.1 Å². The molecule has 0 saturated carbocycles. The summed E-state index contributed by atoms with van der Waals surface area (Å²) in [6.07, 6.45) is 0.114. The lowest BCUT2D eigenvalue weighted by Crippen LogP contribution is -2.36. The zero-order chi connectivity index (χ0) is 28.2. The summed E-state index contributed by atoms with van der Waals surface area (Å²) in [4.78, 5) is 23.7. The minimum absolute atomic E-state index is 0.0654. The number of methoxy groups -OCH3 is 1. The van der Waals surface area contributed by atoms with Crippen LogP contribution in [-0.2, 0) is 26.0 Å². The van der Waals surface area contributed by atoms with E-state index in [1.165, 1.54) is 55.6 Å². The summed E-state index contributed by atoms with van der Waals surface area (Å²) in [5.41, 5.74) is 1.24. The summed E-state index contributed by atoms with van der Waals surface area (Å²) < 4.78 is 33.1. The third-order valence-electron chi connectivity index (χ3n) is 6.10. The quantitative estimate of drug-likeness (QED) is 0.217. The van der Waals surface area contributed by atoms with Crippen molar-refractivity contribution >= 4 is 44.1 Å². The molecule has 0 amide bonds. The monoisotopic (exact) mass is 550 g/mol. The van der Waals surface area contributed by atoms with Crippen LogP contribution in [0.1, 0.15) is 5.56 Å². The Bertz CT molecular complexity index is 1600. The number of sulfonamides is 1. The Morgan fingerprint density at radius 1 is 0.897 bits per heavy atom. The SMILES string of the molecule is COc1ccc(S(=O)(=O)N(CC(=O)O)c2ccc(N[C@@H](Cc3ccc(O)cc3)C(=O)O)c3ccccc23)cc1. The van der Waals surface area contributed by atoms with Crippen LogP contribution in [0.25, 0.3) is 10.8 Å². The Labute approximate surface area is 224 Å². The fourth-order valence-corrected chi connectivity index (χ4v) is 5.61. The third-order valence-corrected chi connectivity index (χ3v) is 7.87. The molecule has 0 bridgehead atoms. The number of benzene rings is 4. The van der Waals surface area contributed by atoms with E-state index in [1.54, 1.807) is 36.4 Å². The highest BCUT2D eigenvalue weighted by molar-refractivity contribution is 7.92. The Morgan fingerprint density at radius 3 is 2.13 bits per heavy atom. The molecule has 0 saturated heterocycles. The van der Waals surface area contributed by atoms with Crippen molar-refractivity contribution in [1.82, 2.24) is 0 Å². The largest absolute Gasteiger partial charge is 0.508 e.